The van der Waals surface area contributed by atoms with E-state index >= 15 is 0 Å². The number of Topliss-reactive ketones (excluding diaryl/α,β-unsaturated/α-hetero) is 1. The highest BCUT2D eigenvalue weighted by molar-refractivity contribution is 6.31. The van der Waals surface area contributed by atoms with Crippen LogP contribution in [0.3, 0.4) is 0 Å². The molecule has 0 spiro atoms. The Labute approximate surface area is 231 Å². The summed E-state index contributed by atoms with van der Waals surface area (Å²) in [5, 5.41) is 20.1. The second kappa shape index (κ2) is 9.41. The third kappa shape index (κ3) is 4.24. The van der Waals surface area contributed by atoms with Crippen LogP contribution < -0.4 is 0 Å². The minimum absolute atomic E-state index is 0.0843. The highest BCUT2D eigenvalue weighted by atomic mass is 35.5. The molecule has 1 N–H and O–H groups in total. The van der Waals surface area contributed by atoms with Gasteiger partial charge in [-0.1, -0.05) is 18.5 Å². The van der Waals surface area contributed by atoms with Crippen molar-refractivity contribution in [1.82, 2.24) is 15.0 Å². The first kappa shape index (κ1) is 27.5. The van der Waals surface area contributed by atoms with Gasteiger partial charge in [-0.05, 0) is 110 Å². The molecule has 1 heterocycles. The molecule has 0 bridgehead atoms. The van der Waals surface area contributed by atoms with Gasteiger partial charge in [0.2, 0.25) is 0 Å². The lowest BCUT2D eigenvalue weighted by Gasteiger charge is -2.62. The summed E-state index contributed by atoms with van der Waals surface area (Å²) in [4.78, 5) is 15.1. The van der Waals surface area contributed by atoms with E-state index in [1.54, 1.807) is 25.3 Å². The molecule has 1 aromatic carbocycles. The molecule has 4 aliphatic carbocycles. The number of fused-ring (bicyclic) bond motifs is 6. The van der Waals surface area contributed by atoms with E-state index < -0.39 is 11.8 Å². The highest BCUT2D eigenvalue weighted by Crippen LogP contribution is 2.69. The minimum atomic E-state index is -4.62. The van der Waals surface area contributed by atoms with Crippen molar-refractivity contribution < 1.29 is 27.8 Å². The zero-order valence-corrected chi connectivity index (χ0v) is 23.3. The number of benzene rings is 1. The van der Waals surface area contributed by atoms with Crippen LogP contribution in [0.2, 0.25) is 5.02 Å². The van der Waals surface area contributed by atoms with Crippen LogP contribution in [0.5, 0.6) is 0 Å². The van der Waals surface area contributed by atoms with Gasteiger partial charge in [-0.2, -0.15) is 28.2 Å². The van der Waals surface area contributed by atoms with E-state index in [4.69, 9.17) is 16.3 Å². The molecule has 10 heteroatoms. The normalized spacial score (nSPS) is 40.2. The summed E-state index contributed by atoms with van der Waals surface area (Å²) in [5.41, 5.74) is -1.73. The largest absolute Gasteiger partial charge is 0.417 e. The van der Waals surface area contributed by atoms with Gasteiger partial charge in [-0.15, -0.1) is 0 Å². The number of carbonyl (C=O) groups excluding carboxylic acids is 1. The van der Waals surface area contributed by atoms with Crippen molar-refractivity contribution in [1.29, 1.82) is 0 Å². The first-order valence-corrected chi connectivity index (χ1v) is 14.6. The van der Waals surface area contributed by atoms with Crippen LogP contribution in [0.25, 0.3) is 11.0 Å². The third-order valence-electron chi connectivity index (χ3n) is 11.4. The van der Waals surface area contributed by atoms with E-state index in [1.165, 1.54) is 4.80 Å². The Hall–Kier alpha value is -1.71. The Balaban J connectivity index is 1.22. The van der Waals surface area contributed by atoms with E-state index in [0.29, 0.717) is 47.3 Å². The number of hydrogen-bond acceptors (Lipinski definition) is 5. The van der Waals surface area contributed by atoms with Crippen LogP contribution in [-0.4, -0.2) is 51.4 Å². The number of rotatable bonds is 5. The van der Waals surface area contributed by atoms with Crippen LogP contribution in [0.15, 0.2) is 18.2 Å². The van der Waals surface area contributed by atoms with Gasteiger partial charge in [0.05, 0.1) is 6.61 Å². The Kier molecular flexibility index (Phi) is 6.63. The molecule has 214 valence electrons. The van der Waals surface area contributed by atoms with Crippen LogP contribution in [0, 0.1) is 40.4 Å². The van der Waals surface area contributed by atoms with Crippen LogP contribution in [-0.2, 0) is 16.1 Å². The van der Waals surface area contributed by atoms with Crippen molar-refractivity contribution in [3.05, 3.63) is 23.2 Å². The molecule has 4 fully saturated rings. The van der Waals surface area contributed by atoms with E-state index in [0.717, 1.165) is 32.1 Å². The summed E-state index contributed by atoms with van der Waals surface area (Å²) in [5.74, 6) is 0.820. The van der Waals surface area contributed by atoms with Crippen LogP contribution in [0.1, 0.15) is 64.7 Å². The zero-order valence-electron chi connectivity index (χ0n) is 22.5. The molecule has 4 saturated carbocycles. The molecule has 8 atom stereocenters. The monoisotopic (exact) mass is 567 g/mol. The standard InChI is InChI=1S/C29H37ClF3N3O3/c1-26-10-9-21-19(5-3-17-14-28(38,29(31,32)33)12-11-27(17,21)16-39-2)20(26)6-7-22(26)25(37)15-36-34-23-8-4-18(30)13-24(23)35-36/h4,8,13,17,19-22,38H,3,5-7,9-12,14-16H2,1-2H3/t17-,19+,20+,21+,22-,26?,27-,28-/m1/s1. The fourth-order valence-corrected chi connectivity index (χ4v) is 9.80. The summed E-state index contributed by atoms with van der Waals surface area (Å²) < 4.78 is 47.0. The smallest absolute Gasteiger partial charge is 0.384 e. The molecule has 1 unspecified atom stereocenters. The summed E-state index contributed by atoms with van der Waals surface area (Å²) in [6.07, 6.45) is 0.273. The lowest BCUT2D eigenvalue weighted by molar-refractivity contribution is -0.294. The topological polar surface area (TPSA) is 77.2 Å². The number of alkyl halides is 3. The van der Waals surface area contributed by atoms with Crippen molar-refractivity contribution >= 4 is 28.4 Å². The maximum atomic E-state index is 13.8. The molecule has 0 amide bonds. The predicted octanol–water partition coefficient (Wildman–Crippen LogP) is 6.23. The maximum Gasteiger partial charge on any atom is 0.417 e. The van der Waals surface area contributed by atoms with Crippen molar-refractivity contribution in [2.75, 3.05) is 13.7 Å². The van der Waals surface area contributed by atoms with Gasteiger partial charge < -0.3 is 9.84 Å². The lowest BCUT2D eigenvalue weighted by atomic mass is 9.43. The van der Waals surface area contributed by atoms with E-state index in [2.05, 4.69) is 17.1 Å². The Bertz CT molecular complexity index is 1270. The van der Waals surface area contributed by atoms with E-state index in [-0.39, 0.29) is 53.8 Å². The number of hydrogen-bond donors (Lipinski definition) is 1. The average Bonchev–Trinajstić information content (AvgIpc) is 3.43. The number of nitrogens with zero attached hydrogens (tertiary/aromatic N) is 3. The highest BCUT2D eigenvalue weighted by Gasteiger charge is 2.66. The molecule has 0 aliphatic heterocycles. The van der Waals surface area contributed by atoms with Gasteiger partial charge in [0.15, 0.2) is 11.4 Å². The lowest BCUT2D eigenvalue weighted by Crippen LogP contribution is -2.61. The fourth-order valence-electron chi connectivity index (χ4n) is 9.64. The van der Waals surface area contributed by atoms with E-state index in [1.807, 2.05) is 0 Å². The van der Waals surface area contributed by atoms with Crippen molar-refractivity contribution in [3.63, 3.8) is 0 Å². The minimum Gasteiger partial charge on any atom is -0.384 e. The first-order valence-electron chi connectivity index (χ1n) is 14.2. The summed E-state index contributed by atoms with van der Waals surface area (Å²) in [6.45, 7) is 2.81. The first-order chi connectivity index (χ1) is 18.4. The Morgan fingerprint density at radius 3 is 2.62 bits per heavy atom. The number of halogens is 4. The number of aliphatic hydroxyl groups is 1. The molecule has 6 rings (SSSR count). The molecule has 1 aromatic heterocycles. The van der Waals surface area contributed by atoms with Gasteiger partial charge in [0, 0.05) is 18.1 Å². The molecular formula is C29H37ClF3N3O3. The van der Waals surface area contributed by atoms with E-state index in [9.17, 15) is 23.1 Å². The predicted molar refractivity (Wildman–Crippen MR) is 140 cm³/mol. The van der Waals surface area contributed by atoms with Gasteiger partial charge in [0.1, 0.15) is 17.6 Å². The molecule has 39 heavy (non-hydrogen) atoms. The number of ketones is 1. The summed E-state index contributed by atoms with van der Waals surface area (Å²) >= 11 is 6.08. The fraction of sp³-hybridized carbons (Fsp3) is 0.759. The number of carbonyl (C=O) groups is 1. The van der Waals surface area contributed by atoms with Crippen LogP contribution in [0.4, 0.5) is 13.2 Å². The molecule has 0 radical (unpaired) electrons. The number of methoxy groups -OCH3 is 1. The Morgan fingerprint density at radius 1 is 1.10 bits per heavy atom. The molecule has 6 nitrogen and oxygen atoms in total. The third-order valence-corrected chi connectivity index (χ3v) is 11.7. The second-order valence-corrected chi connectivity index (χ2v) is 13.5. The Morgan fingerprint density at radius 2 is 1.87 bits per heavy atom. The molecule has 0 saturated heterocycles. The maximum absolute atomic E-state index is 13.8. The van der Waals surface area contributed by atoms with Crippen molar-refractivity contribution in [2.24, 2.45) is 40.4 Å². The molecule has 4 aliphatic rings. The van der Waals surface area contributed by atoms with Crippen molar-refractivity contribution in [2.45, 2.75) is 83.0 Å². The van der Waals surface area contributed by atoms with Gasteiger partial charge in [-0.3, -0.25) is 4.79 Å². The zero-order chi connectivity index (χ0) is 27.8. The SMILES string of the molecule is COC[C@]12CC[C@](O)(C(F)(F)F)C[C@H]1CC[C@H]1[C@@H]3CC[C@H](C(=O)Cn4nc5ccc(Cl)cc5n4)C3(C)CC[C@@H]12. The molecular weight excluding hydrogens is 531 g/mol. The number of aromatic nitrogens is 3. The summed E-state index contributed by atoms with van der Waals surface area (Å²) in [6, 6.07) is 5.30. The van der Waals surface area contributed by atoms with Gasteiger partial charge in [-0.25, -0.2) is 0 Å². The second-order valence-electron chi connectivity index (χ2n) is 13.1. The van der Waals surface area contributed by atoms with Crippen molar-refractivity contribution in [3.8, 4) is 0 Å². The molecule has 2 aromatic rings. The average molecular weight is 568 g/mol. The summed E-state index contributed by atoms with van der Waals surface area (Å²) in [7, 11) is 1.64. The van der Waals surface area contributed by atoms with Crippen LogP contribution >= 0.6 is 11.6 Å². The van der Waals surface area contributed by atoms with Gasteiger partial charge in [0.25, 0.3) is 0 Å². The van der Waals surface area contributed by atoms with Gasteiger partial charge >= 0.3 is 6.18 Å². The quantitative estimate of drug-likeness (QED) is 0.463. The number of ether oxygens (including phenoxy) is 1.